The van der Waals surface area contributed by atoms with Gasteiger partial charge in [0.25, 0.3) is 0 Å². The van der Waals surface area contributed by atoms with Crippen LogP contribution in [0.5, 0.6) is 0 Å². The van der Waals surface area contributed by atoms with Crippen LogP contribution >= 0.6 is 11.3 Å². The Hall–Kier alpha value is -1.81. The van der Waals surface area contributed by atoms with Crippen LogP contribution in [0.2, 0.25) is 0 Å². The molecule has 1 aromatic carbocycles. The Kier molecular flexibility index (Phi) is 6.49. The third-order valence-electron chi connectivity index (χ3n) is 4.83. The molecule has 7 nitrogen and oxygen atoms in total. The van der Waals surface area contributed by atoms with E-state index in [2.05, 4.69) is 10.3 Å². The molecule has 152 valence electrons. The molecule has 28 heavy (non-hydrogen) atoms. The Labute approximate surface area is 170 Å². The molecule has 2 heterocycles. The lowest BCUT2D eigenvalue weighted by Crippen LogP contribution is -2.50. The summed E-state index contributed by atoms with van der Waals surface area (Å²) < 4.78 is 27.0. The van der Waals surface area contributed by atoms with Crippen LogP contribution in [0.1, 0.15) is 23.1 Å². The van der Waals surface area contributed by atoms with E-state index in [0.29, 0.717) is 36.2 Å². The van der Waals surface area contributed by atoms with Crippen molar-refractivity contribution in [2.45, 2.75) is 32.1 Å². The largest absolute Gasteiger partial charge is 0.301 e. The molecule has 1 saturated heterocycles. The summed E-state index contributed by atoms with van der Waals surface area (Å²) in [6.07, 6.45) is 0.843. The van der Waals surface area contributed by atoms with Crippen molar-refractivity contribution in [3.63, 3.8) is 0 Å². The van der Waals surface area contributed by atoms with Gasteiger partial charge in [0.1, 0.15) is 0 Å². The van der Waals surface area contributed by atoms with Gasteiger partial charge in [0.15, 0.2) is 5.13 Å². The highest BCUT2D eigenvalue weighted by Crippen LogP contribution is 2.22. The van der Waals surface area contributed by atoms with Gasteiger partial charge >= 0.3 is 0 Å². The van der Waals surface area contributed by atoms with Crippen LogP contribution in [0.15, 0.2) is 29.2 Å². The number of hydrogen-bond donors (Lipinski definition) is 1. The average molecular weight is 423 g/mol. The molecule has 2 aromatic rings. The second-order valence-electron chi connectivity index (χ2n) is 6.92. The number of nitrogens with zero attached hydrogens (tertiary/aromatic N) is 3. The Balaban J connectivity index is 1.53. The molecule has 1 aliphatic heterocycles. The zero-order valence-corrected chi connectivity index (χ0v) is 18.1. The minimum Gasteiger partial charge on any atom is -0.301 e. The Morgan fingerprint density at radius 3 is 2.36 bits per heavy atom. The van der Waals surface area contributed by atoms with Gasteiger partial charge in [0, 0.05) is 31.1 Å². The average Bonchev–Trinajstić information content (AvgIpc) is 3.01. The molecule has 0 unspecified atom stereocenters. The van der Waals surface area contributed by atoms with Crippen molar-refractivity contribution in [2.75, 3.05) is 38.0 Å². The molecule has 0 bridgehead atoms. The van der Waals surface area contributed by atoms with Crippen LogP contribution in [0.3, 0.4) is 0 Å². The van der Waals surface area contributed by atoms with Crippen molar-refractivity contribution in [3.8, 4) is 0 Å². The highest BCUT2D eigenvalue weighted by molar-refractivity contribution is 7.89. The van der Waals surface area contributed by atoms with E-state index < -0.39 is 10.0 Å². The Bertz CT molecular complexity index is 931. The number of piperazine rings is 1. The lowest BCUT2D eigenvalue weighted by atomic mass is 10.2. The molecule has 1 N–H and O–H groups in total. The van der Waals surface area contributed by atoms with Crippen molar-refractivity contribution in [3.05, 3.63) is 40.4 Å². The van der Waals surface area contributed by atoms with Crippen molar-refractivity contribution in [2.24, 2.45) is 0 Å². The molecule has 0 saturated carbocycles. The smallest absolute Gasteiger partial charge is 0.243 e. The third-order valence-corrected chi connectivity index (χ3v) is 7.67. The summed E-state index contributed by atoms with van der Waals surface area (Å²) >= 11 is 1.48. The SMILES string of the molecule is CCc1nc(NC(=O)CN2CCN(S(=O)(=O)c3ccc(C)cc3)CC2)sc1C. The number of amides is 1. The fraction of sp³-hybridized carbons (Fsp3) is 0.474. The second-order valence-corrected chi connectivity index (χ2v) is 10.1. The number of aromatic nitrogens is 1. The molecule has 0 aliphatic carbocycles. The standard InChI is InChI=1S/C19H26N4O3S2/c1-4-17-15(3)27-19(20-17)21-18(24)13-22-9-11-23(12-10-22)28(25,26)16-7-5-14(2)6-8-16/h5-8H,4,9-13H2,1-3H3,(H,20,21,24). The van der Waals surface area contributed by atoms with Gasteiger partial charge < -0.3 is 5.32 Å². The van der Waals surface area contributed by atoms with E-state index >= 15 is 0 Å². The van der Waals surface area contributed by atoms with Gasteiger partial charge in [-0.25, -0.2) is 13.4 Å². The molecular weight excluding hydrogens is 396 g/mol. The second kappa shape index (κ2) is 8.69. The number of nitrogens with one attached hydrogen (secondary N) is 1. The highest BCUT2D eigenvalue weighted by atomic mass is 32.2. The number of rotatable bonds is 6. The van der Waals surface area contributed by atoms with Crippen molar-refractivity contribution in [1.82, 2.24) is 14.2 Å². The molecule has 1 aromatic heterocycles. The lowest BCUT2D eigenvalue weighted by Gasteiger charge is -2.33. The van der Waals surface area contributed by atoms with Crippen LogP contribution in [0.25, 0.3) is 0 Å². The first-order chi connectivity index (χ1) is 13.3. The van der Waals surface area contributed by atoms with E-state index in [9.17, 15) is 13.2 Å². The zero-order valence-electron chi connectivity index (χ0n) is 16.4. The van der Waals surface area contributed by atoms with E-state index in [4.69, 9.17) is 0 Å². The summed E-state index contributed by atoms with van der Waals surface area (Å²) in [5.74, 6) is -0.119. The number of aryl methyl sites for hydroxylation is 3. The number of anilines is 1. The van der Waals surface area contributed by atoms with Crippen molar-refractivity contribution < 1.29 is 13.2 Å². The Morgan fingerprint density at radius 2 is 1.79 bits per heavy atom. The molecule has 0 radical (unpaired) electrons. The van der Waals surface area contributed by atoms with Gasteiger partial charge in [-0.05, 0) is 32.4 Å². The monoisotopic (exact) mass is 422 g/mol. The number of carbonyl (C=O) groups is 1. The first-order valence-electron chi connectivity index (χ1n) is 9.35. The maximum Gasteiger partial charge on any atom is 0.243 e. The maximum absolute atomic E-state index is 12.8. The number of benzene rings is 1. The first kappa shape index (κ1) is 20.9. The minimum atomic E-state index is -3.49. The molecule has 9 heteroatoms. The number of hydrogen-bond acceptors (Lipinski definition) is 6. The van der Waals surface area contributed by atoms with E-state index in [1.165, 1.54) is 15.6 Å². The van der Waals surface area contributed by atoms with Crippen molar-refractivity contribution in [1.29, 1.82) is 0 Å². The predicted octanol–water partition coefficient (Wildman–Crippen LogP) is 2.27. The summed E-state index contributed by atoms with van der Waals surface area (Å²) in [5.41, 5.74) is 2.03. The molecule has 1 amide bonds. The molecule has 1 fully saturated rings. The molecule has 3 rings (SSSR count). The topological polar surface area (TPSA) is 82.6 Å². The molecule has 0 atom stereocenters. The van der Waals surface area contributed by atoms with Crippen LogP contribution < -0.4 is 5.32 Å². The van der Waals surface area contributed by atoms with Crippen LogP contribution in [-0.2, 0) is 21.2 Å². The molecular formula is C19H26N4O3S2. The van der Waals surface area contributed by atoms with E-state index in [-0.39, 0.29) is 12.5 Å². The number of sulfonamides is 1. The van der Waals surface area contributed by atoms with Gasteiger partial charge in [-0.2, -0.15) is 4.31 Å². The third kappa shape index (κ3) is 4.78. The van der Waals surface area contributed by atoms with Gasteiger partial charge in [-0.3, -0.25) is 9.69 Å². The zero-order chi connectivity index (χ0) is 20.3. The van der Waals surface area contributed by atoms with Crippen molar-refractivity contribution >= 4 is 32.4 Å². The summed E-state index contributed by atoms with van der Waals surface area (Å²) in [7, 11) is -3.49. The minimum absolute atomic E-state index is 0.119. The summed E-state index contributed by atoms with van der Waals surface area (Å²) in [5, 5.41) is 3.48. The maximum atomic E-state index is 12.8. The summed E-state index contributed by atoms with van der Waals surface area (Å²) in [6.45, 7) is 8.00. The first-order valence-corrected chi connectivity index (χ1v) is 11.6. The summed E-state index contributed by atoms with van der Waals surface area (Å²) in [6, 6.07) is 6.89. The highest BCUT2D eigenvalue weighted by Gasteiger charge is 2.29. The van der Waals surface area contributed by atoms with Gasteiger partial charge in [-0.1, -0.05) is 24.6 Å². The fourth-order valence-electron chi connectivity index (χ4n) is 3.16. The number of carbonyl (C=O) groups excluding carboxylic acids is 1. The quantitative estimate of drug-likeness (QED) is 0.772. The van der Waals surface area contributed by atoms with Crippen LogP contribution in [0, 0.1) is 13.8 Å². The molecule has 0 spiro atoms. The van der Waals surface area contributed by atoms with Crippen LogP contribution in [-0.4, -0.2) is 61.2 Å². The summed E-state index contributed by atoms with van der Waals surface area (Å²) in [4.78, 5) is 20.1. The predicted molar refractivity (Wildman–Crippen MR) is 111 cm³/mol. The van der Waals surface area contributed by atoms with E-state index in [0.717, 1.165) is 22.6 Å². The van der Waals surface area contributed by atoms with E-state index in [1.807, 2.05) is 25.7 Å². The Morgan fingerprint density at radius 1 is 1.14 bits per heavy atom. The van der Waals surface area contributed by atoms with Gasteiger partial charge in [-0.15, -0.1) is 11.3 Å². The lowest BCUT2D eigenvalue weighted by molar-refractivity contribution is -0.117. The van der Waals surface area contributed by atoms with E-state index in [1.54, 1.807) is 24.3 Å². The fourth-order valence-corrected chi connectivity index (χ4v) is 5.50. The molecule has 1 aliphatic rings. The van der Waals surface area contributed by atoms with Gasteiger partial charge in [0.05, 0.1) is 17.1 Å². The normalized spacial score (nSPS) is 16.2. The number of thiazole rings is 1. The van der Waals surface area contributed by atoms with Gasteiger partial charge in [0.2, 0.25) is 15.9 Å². The van der Waals surface area contributed by atoms with Crippen LogP contribution in [0.4, 0.5) is 5.13 Å².